The molecule has 200 valence electrons. The second-order valence-corrected chi connectivity index (χ2v) is 9.01. The first-order valence-electron chi connectivity index (χ1n) is 11.9. The lowest BCUT2D eigenvalue weighted by molar-refractivity contribution is -0.192. The van der Waals surface area contributed by atoms with Gasteiger partial charge in [0.05, 0.1) is 18.3 Å². The van der Waals surface area contributed by atoms with Gasteiger partial charge in [-0.1, -0.05) is 24.3 Å². The zero-order chi connectivity index (χ0) is 27.4. The number of carboxylic acids is 1. The zero-order valence-corrected chi connectivity index (χ0v) is 20.8. The van der Waals surface area contributed by atoms with Crippen LogP contribution in [0.5, 0.6) is 0 Å². The van der Waals surface area contributed by atoms with Gasteiger partial charge in [-0.3, -0.25) is 9.48 Å². The number of halogens is 3. The lowest BCUT2D eigenvalue weighted by Gasteiger charge is -2.31. The van der Waals surface area contributed by atoms with Crippen molar-refractivity contribution in [3.8, 4) is 11.3 Å². The van der Waals surface area contributed by atoms with Crippen molar-refractivity contribution >= 4 is 17.5 Å². The molecule has 13 heteroatoms. The van der Waals surface area contributed by atoms with Crippen molar-refractivity contribution in [1.29, 1.82) is 0 Å². The first kappa shape index (κ1) is 26.8. The molecule has 0 bridgehead atoms. The predicted molar refractivity (Wildman–Crippen MR) is 130 cm³/mol. The van der Waals surface area contributed by atoms with Crippen molar-refractivity contribution in [3.05, 3.63) is 65.7 Å². The summed E-state index contributed by atoms with van der Waals surface area (Å²) in [5.74, 6) is -1.47. The monoisotopic (exact) mass is 529 g/mol. The van der Waals surface area contributed by atoms with Crippen molar-refractivity contribution in [2.24, 2.45) is 7.05 Å². The summed E-state index contributed by atoms with van der Waals surface area (Å²) in [5.41, 5.74) is 4.80. The van der Waals surface area contributed by atoms with E-state index in [9.17, 15) is 18.0 Å². The van der Waals surface area contributed by atoms with Crippen LogP contribution in [0.15, 0.2) is 48.8 Å². The van der Waals surface area contributed by atoms with E-state index in [1.54, 1.807) is 10.9 Å². The smallest absolute Gasteiger partial charge is 0.475 e. The molecule has 10 nitrogen and oxygen atoms in total. The van der Waals surface area contributed by atoms with Crippen LogP contribution < -0.4 is 0 Å². The summed E-state index contributed by atoms with van der Waals surface area (Å²) in [6.45, 7) is 3.51. The van der Waals surface area contributed by atoms with Crippen LogP contribution in [-0.2, 0) is 23.1 Å². The van der Waals surface area contributed by atoms with Crippen LogP contribution in [0.3, 0.4) is 0 Å². The maximum absolute atomic E-state index is 12.8. The van der Waals surface area contributed by atoms with Gasteiger partial charge in [-0.2, -0.15) is 27.9 Å². The number of carboxylic acid groups (broad SMARTS) is 1. The minimum atomic E-state index is -5.08. The first-order valence-corrected chi connectivity index (χ1v) is 11.9. The van der Waals surface area contributed by atoms with Gasteiger partial charge < -0.3 is 10.0 Å². The van der Waals surface area contributed by atoms with E-state index < -0.39 is 12.1 Å². The van der Waals surface area contributed by atoms with Gasteiger partial charge >= 0.3 is 12.1 Å². The van der Waals surface area contributed by atoms with Gasteiger partial charge in [0.2, 0.25) is 5.91 Å². The van der Waals surface area contributed by atoms with Gasteiger partial charge in [0.1, 0.15) is 0 Å². The molecule has 0 spiro atoms. The van der Waals surface area contributed by atoms with Crippen LogP contribution in [0.4, 0.5) is 13.2 Å². The Morgan fingerprint density at radius 2 is 1.76 bits per heavy atom. The third-order valence-electron chi connectivity index (χ3n) is 6.35. The average molecular weight is 530 g/mol. The van der Waals surface area contributed by atoms with E-state index in [1.807, 2.05) is 53.0 Å². The van der Waals surface area contributed by atoms with Gasteiger partial charge in [0.25, 0.3) is 0 Å². The Morgan fingerprint density at radius 1 is 1.08 bits per heavy atom. The molecule has 1 aliphatic rings. The second kappa shape index (κ2) is 11.0. The number of carbonyl (C=O) groups excluding carboxylic acids is 1. The Hall–Kier alpha value is -4.29. The summed E-state index contributed by atoms with van der Waals surface area (Å²) >= 11 is 0. The molecule has 3 aromatic heterocycles. The van der Waals surface area contributed by atoms with E-state index in [0.29, 0.717) is 6.42 Å². The summed E-state index contributed by atoms with van der Waals surface area (Å²) in [6, 6.07) is 12.0. The summed E-state index contributed by atoms with van der Waals surface area (Å²) in [5, 5.41) is 24.9. The van der Waals surface area contributed by atoms with Crippen molar-refractivity contribution < 1.29 is 27.9 Å². The van der Waals surface area contributed by atoms with Gasteiger partial charge in [-0.15, -0.1) is 10.2 Å². The van der Waals surface area contributed by atoms with Gasteiger partial charge in [-0.25, -0.2) is 4.79 Å². The number of hydrogen-bond donors (Lipinski definition) is 1. The van der Waals surface area contributed by atoms with Crippen molar-refractivity contribution in [2.75, 3.05) is 13.1 Å². The number of nitrogens with zero attached hydrogens (tertiary/aromatic N) is 7. The quantitative estimate of drug-likeness (QED) is 0.430. The van der Waals surface area contributed by atoms with Crippen molar-refractivity contribution in [2.45, 2.75) is 38.3 Å². The predicted octanol–water partition coefficient (Wildman–Crippen LogP) is 3.42. The van der Waals surface area contributed by atoms with E-state index in [2.05, 4.69) is 28.3 Å². The Bertz CT molecular complexity index is 1440. The molecule has 0 unspecified atom stereocenters. The van der Waals surface area contributed by atoms with E-state index in [-0.39, 0.29) is 11.8 Å². The summed E-state index contributed by atoms with van der Waals surface area (Å²) in [4.78, 5) is 23.7. The molecule has 1 saturated heterocycles. The molecule has 0 aliphatic carbocycles. The molecule has 1 N–H and O–H groups in total. The average Bonchev–Trinajstić information content (AvgIpc) is 3.51. The zero-order valence-electron chi connectivity index (χ0n) is 20.8. The lowest BCUT2D eigenvalue weighted by Crippen LogP contribution is -2.39. The number of benzene rings is 1. The Morgan fingerprint density at radius 3 is 2.37 bits per heavy atom. The number of aromatic nitrogens is 6. The highest BCUT2D eigenvalue weighted by Crippen LogP contribution is 2.28. The molecule has 1 amide bonds. The first-order chi connectivity index (χ1) is 18.0. The molecule has 0 atom stereocenters. The fourth-order valence-electron chi connectivity index (χ4n) is 4.24. The number of hydrogen-bond acceptors (Lipinski definition) is 6. The highest BCUT2D eigenvalue weighted by atomic mass is 19.4. The number of amides is 1. The van der Waals surface area contributed by atoms with Crippen LogP contribution in [0.25, 0.3) is 16.9 Å². The number of piperidine rings is 1. The third kappa shape index (κ3) is 6.15. The molecule has 4 aromatic rings. The standard InChI is InChI=1S/C23H25N7O.C2HF3O2/c1-16-5-3-4-6-18(16)13-22(31)29-11-9-17(10-12-29)23-26-25-21-8-7-20(27-30(21)23)19-14-24-28(2)15-19;3-2(4,5)1(6)7/h3-8,14-15,17H,9-13H2,1-2H3;(H,6,7). The molecular weight excluding hydrogens is 503 g/mol. The number of carbonyl (C=O) groups is 2. The van der Waals surface area contributed by atoms with E-state index in [0.717, 1.165) is 59.8 Å². The van der Waals surface area contributed by atoms with Gasteiger partial charge in [0, 0.05) is 37.8 Å². The highest BCUT2D eigenvalue weighted by molar-refractivity contribution is 5.79. The number of fused-ring (bicyclic) bond motifs is 1. The van der Waals surface area contributed by atoms with Gasteiger partial charge in [0.15, 0.2) is 11.5 Å². The molecule has 4 heterocycles. The Balaban J connectivity index is 0.000000426. The highest BCUT2D eigenvalue weighted by Gasteiger charge is 2.38. The number of alkyl halides is 3. The number of likely N-dealkylation sites (tertiary alicyclic amines) is 1. The Labute approximate surface area is 215 Å². The molecule has 0 radical (unpaired) electrons. The van der Waals surface area contributed by atoms with E-state index in [1.165, 1.54) is 0 Å². The molecule has 0 saturated carbocycles. The maximum Gasteiger partial charge on any atom is 0.490 e. The van der Waals surface area contributed by atoms with Crippen LogP contribution in [0, 0.1) is 6.92 Å². The van der Waals surface area contributed by atoms with E-state index in [4.69, 9.17) is 15.0 Å². The van der Waals surface area contributed by atoms with Crippen molar-refractivity contribution in [3.63, 3.8) is 0 Å². The van der Waals surface area contributed by atoms with Crippen LogP contribution in [0.1, 0.15) is 35.7 Å². The van der Waals surface area contributed by atoms with Crippen LogP contribution in [0.2, 0.25) is 0 Å². The molecular formula is C25H26F3N7O3. The summed E-state index contributed by atoms with van der Waals surface area (Å²) in [7, 11) is 1.89. The van der Waals surface area contributed by atoms with Gasteiger partial charge in [-0.05, 0) is 43.0 Å². The molecule has 1 fully saturated rings. The van der Waals surface area contributed by atoms with E-state index >= 15 is 0 Å². The maximum atomic E-state index is 12.8. The molecule has 38 heavy (non-hydrogen) atoms. The number of rotatable bonds is 4. The summed E-state index contributed by atoms with van der Waals surface area (Å²) in [6.07, 6.45) is 0.840. The number of aryl methyl sites for hydroxylation is 2. The van der Waals surface area contributed by atoms with Crippen LogP contribution >= 0.6 is 0 Å². The minimum absolute atomic E-state index is 0.191. The Kier molecular flexibility index (Phi) is 7.74. The fourth-order valence-corrected chi connectivity index (χ4v) is 4.24. The third-order valence-corrected chi connectivity index (χ3v) is 6.35. The number of aliphatic carboxylic acids is 1. The van der Waals surface area contributed by atoms with Crippen LogP contribution in [-0.4, -0.2) is 70.7 Å². The normalized spacial score (nSPS) is 14.3. The molecule has 1 aliphatic heterocycles. The summed E-state index contributed by atoms with van der Waals surface area (Å²) < 4.78 is 35.3. The topological polar surface area (TPSA) is 119 Å². The van der Waals surface area contributed by atoms with Crippen molar-refractivity contribution in [1.82, 2.24) is 34.5 Å². The fraction of sp³-hybridized carbons (Fsp3) is 0.360. The second-order valence-electron chi connectivity index (χ2n) is 9.01. The SMILES string of the molecule is Cc1ccccc1CC(=O)N1CCC(c2nnc3ccc(-c4cnn(C)c4)nn23)CC1.O=C(O)C(F)(F)F. The molecule has 1 aromatic carbocycles. The lowest BCUT2D eigenvalue weighted by atomic mass is 9.95. The largest absolute Gasteiger partial charge is 0.490 e. The molecule has 5 rings (SSSR count). The minimum Gasteiger partial charge on any atom is -0.475 e.